The maximum absolute atomic E-state index is 12.5. The Morgan fingerprint density at radius 1 is 1.29 bits per heavy atom. The van der Waals surface area contributed by atoms with Gasteiger partial charge in [-0.2, -0.15) is 0 Å². The van der Waals surface area contributed by atoms with E-state index < -0.39 is 0 Å². The zero-order chi connectivity index (χ0) is 17.1. The van der Waals surface area contributed by atoms with E-state index in [0.29, 0.717) is 18.8 Å². The van der Waals surface area contributed by atoms with Crippen LogP contribution in [0.15, 0.2) is 30.7 Å². The molecule has 0 bridgehead atoms. The van der Waals surface area contributed by atoms with Crippen LogP contribution in [-0.2, 0) is 0 Å². The summed E-state index contributed by atoms with van der Waals surface area (Å²) >= 11 is 0. The van der Waals surface area contributed by atoms with Crippen molar-refractivity contribution in [1.29, 1.82) is 0 Å². The first-order chi connectivity index (χ1) is 11.5. The third-order valence-electron chi connectivity index (χ3n) is 3.90. The van der Waals surface area contributed by atoms with E-state index in [-0.39, 0.29) is 12.0 Å². The maximum atomic E-state index is 12.5. The predicted octanol–water partition coefficient (Wildman–Crippen LogP) is 1.54. The summed E-state index contributed by atoms with van der Waals surface area (Å²) in [6.45, 7) is 3.03. The van der Waals surface area contributed by atoms with Crippen LogP contribution in [0, 0.1) is 6.92 Å². The number of carbonyl (C=O) groups is 1. The van der Waals surface area contributed by atoms with Crippen LogP contribution in [0.4, 0.5) is 5.82 Å². The minimum atomic E-state index is -0.104. The highest BCUT2D eigenvalue weighted by Crippen LogP contribution is 2.26. The Kier molecular flexibility index (Phi) is 4.59. The van der Waals surface area contributed by atoms with Gasteiger partial charge in [0.25, 0.3) is 5.91 Å². The highest BCUT2D eigenvalue weighted by molar-refractivity contribution is 5.92. The second-order valence-corrected chi connectivity index (χ2v) is 6.04. The van der Waals surface area contributed by atoms with Crippen molar-refractivity contribution >= 4 is 11.7 Å². The molecule has 3 rings (SSSR count). The van der Waals surface area contributed by atoms with E-state index in [1.54, 1.807) is 17.3 Å². The van der Waals surface area contributed by atoms with Crippen molar-refractivity contribution in [1.82, 2.24) is 19.9 Å². The van der Waals surface area contributed by atoms with E-state index in [1.165, 1.54) is 6.20 Å². The summed E-state index contributed by atoms with van der Waals surface area (Å²) in [4.78, 5) is 28.8. The second-order valence-electron chi connectivity index (χ2n) is 6.04. The Labute approximate surface area is 141 Å². The van der Waals surface area contributed by atoms with E-state index >= 15 is 0 Å². The van der Waals surface area contributed by atoms with E-state index in [1.807, 2.05) is 38.1 Å². The summed E-state index contributed by atoms with van der Waals surface area (Å²) in [5.74, 6) is 1.41. The summed E-state index contributed by atoms with van der Waals surface area (Å²) in [6, 6.07) is 3.75. The second kappa shape index (κ2) is 6.82. The number of carbonyl (C=O) groups excluding carboxylic acids is 1. The van der Waals surface area contributed by atoms with Crippen molar-refractivity contribution < 1.29 is 9.53 Å². The zero-order valence-electron chi connectivity index (χ0n) is 14.1. The molecule has 1 saturated heterocycles. The highest BCUT2D eigenvalue weighted by Gasteiger charge is 2.29. The van der Waals surface area contributed by atoms with Crippen LogP contribution in [-0.4, -0.2) is 59.0 Å². The number of nitrogens with zero attached hydrogens (tertiary/aromatic N) is 5. The van der Waals surface area contributed by atoms with E-state index in [0.717, 1.165) is 23.7 Å². The van der Waals surface area contributed by atoms with Crippen molar-refractivity contribution in [2.75, 3.05) is 32.1 Å². The third-order valence-corrected chi connectivity index (χ3v) is 3.90. The molecule has 7 heteroatoms. The molecule has 0 radical (unpaired) electrons. The Hall–Kier alpha value is -2.70. The van der Waals surface area contributed by atoms with Gasteiger partial charge in [0.15, 0.2) is 11.6 Å². The largest absolute Gasteiger partial charge is 0.485 e. The molecule has 0 saturated carbocycles. The molecular weight excluding hydrogens is 306 g/mol. The number of rotatable bonds is 4. The average Bonchev–Trinajstić information content (AvgIpc) is 3.04. The van der Waals surface area contributed by atoms with Gasteiger partial charge >= 0.3 is 0 Å². The van der Waals surface area contributed by atoms with Crippen molar-refractivity contribution in [3.05, 3.63) is 42.1 Å². The van der Waals surface area contributed by atoms with Gasteiger partial charge in [0, 0.05) is 39.5 Å². The number of anilines is 1. The molecule has 1 aliphatic rings. The molecule has 0 aromatic carbocycles. The van der Waals surface area contributed by atoms with Gasteiger partial charge in [0.05, 0.1) is 18.4 Å². The molecule has 24 heavy (non-hydrogen) atoms. The van der Waals surface area contributed by atoms with Gasteiger partial charge in [-0.25, -0.2) is 9.97 Å². The topological polar surface area (TPSA) is 71.5 Å². The quantitative estimate of drug-likeness (QED) is 0.848. The molecule has 3 heterocycles. The Bertz CT molecular complexity index is 717. The highest BCUT2D eigenvalue weighted by atomic mass is 16.5. The van der Waals surface area contributed by atoms with Crippen LogP contribution in [0.5, 0.6) is 5.75 Å². The number of pyridine rings is 1. The molecule has 0 N–H and O–H groups in total. The van der Waals surface area contributed by atoms with Crippen LogP contribution >= 0.6 is 0 Å². The van der Waals surface area contributed by atoms with Crippen molar-refractivity contribution in [2.24, 2.45) is 0 Å². The Morgan fingerprint density at radius 2 is 2.12 bits per heavy atom. The molecule has 1 fully saturated rings. The van der Waals surface area contributed by atoms with Gasteiger partial charge in [-0.3, -0.25) is 9.78 Å². The maximum Gasteiger partial charge on any atom is 0.274 e. The predicted molar refractivity (Wildman–Crippen MR) is 90.3 cm³/mol. The van der Waals surface area contributed by atoms with Crippen molar-refractivity contribution in [2.45, 2.75) is 19.4 Å². The van der Waals surface area contributed by atoms with Gasteiger partial charge in [0.2, 0.25) is 0 Å². The van der Waals surface area contributed by atoms with Gasteiger partial charge in [-0.15, -0.1) is 0 Å². The number of hydrogen-bond acceptors (Lipinski definition) is 6. The zero-order valence-corrected chi connectivity index (χ0v) is 14.1. The molecule has 1 aliphatic heterocycles. The lowest BCUT2D eigenvalue weighted by atomic mass is 10.3. The fourth-order valence-corrected chi connectivity index (χ4v) is 2.66. The number of aromatic nitrogens is 3. The number of aryl methyl sites for hydroxylation is 1. The molecule has 126 valence electrons. The summed E-state index contributed by atoms with van der Waals surface area (Å²) < 4.78 is 6.07. The number of likely N-dealkylation sites (tertiary alicyclic amines) is 1. The van der Waals surface area contributed by atoms with E-state index in [2.05, 4.69) is 15.0 Å². The molecule has 2 aromatic rings. The lowest BCUT2D eigenvalue weighted by Crippen LogP contribution is -2.31. The fourth-order valence-electron chi connectivity index (χ4n) is 2.66. The third kappa shape index (κ3) is 3.45. The standard InChI is InChI=1S/C17H21N5O2/c1-12-9-20-14(10-19-12)17(23)22-8-6-13(11-22)24-15-5-4-7-18-16(15)21(2)3/h4-5,7,9-10,13H,6,8,11H2,1-3H3. The summed E-state index contributed by atoms with van der Waals surface area (Å²) in [5, 5.41) is 0. The first-order valence-corrected chi connectivity index (χ1v) is 7.91. The Morgan fingerprint density at radius 3 is 2.83 bits per heavy atom. The Balaban J connectivity index is 1.65. The van der Waals surface area contributed by atoms with E-state index in [9.17, 15) is 4.79 Å². The first kappa shape index (κ1) is 16.2. The van der Waals surface area contributed by atoms with Crippen LogP contribution < -0.4 is 9.64 Å². The summed E-state index contributed by atoms with van der Waals surface area (Å²) in [6.07, 6.45) is 5.61. The van der Waals surface area contributed by atoms with Crippen LogP contribution in [0.3, 0.4) is 0 Å². The van der Waals surface area contributed by atoms with Gasteiger partial charge < -0.3 is 14.5 Å². The number of amides is 1. The molecule has 2 aromatic heterocycles. The van der Waals surface area contributed by atoms with Gasteiger partial charge in [-0.05, 0) is 19.1 Å². The monoisotopic (exact) mass is 327 g/mol. The van der Waals surface area contributed by atoms with Crippen LogP contribution in [0.2, 0.25) is 0 Å². The van der Waals surface area contributed by atoms with Crippen molar-refractivity contribution in [3.8, 4) is 5.75 Å². The molecule has 0 aliphatic carbocycles. The fraction of sp³-hybridized carbons (Fsp3) is 0.412. The first-order valence-electron chi connectivity index (χ1n) is 7.91. The number of hydrogen-bond donors (Lipinski definition) is 0. The molecular formula is C17H21N5O2. The van der Waals surface area contributed by atoms with Crippen LogP contribution in [0.25, 0.3) is 0 Å². The molecule has 1 unspecified atom stereocenters. The lowest BCUT2D eigenvalue weighted by Gasteiger charge is -2.20. The lowest BCUT2D eigenvalue weighted by molar-refractivity contribution is 0.0766. The molecule has 7 nitrogen and oxygen atoms in total. The average molecular weight is 327 g/mol. The van der Waals surface area contributed by atoms with Gasteiger partial charge in [-0.1, -0.05) is 0 Å². The summed E-state index contributed by atoms with van der Waals surface area (Å²) in [7, 11) is 3.85. The SMILES string of the molecule is Cc1cnc(C(=O)N2CCC(Oc3cccnc3N(C)C)C2)cn1. The summed E-state index contributed by atoms with van der Waals surface area (Å²) in [5.41, 5.74) is 1.17. The molecule has 0 spiro atoms. The normalized spacial score (nSPS) is 17.0. The van der Waals surface area contributed by atoms with Gasteiger partial charge in [0.1, 0.15) is 11.8 Å². The smallest absolute Gasteiger partial charge is 0.274 e. The minimum Gasteiger partial charge on any atom is -0.485 e. The van der Waals surface area contributed by atoms with Crippen LogP contribution in [0.1, 0.15) is 22.6 Å². The number of ether oxygens (including phenoxy) is 1. The van der Waals surface area contributed by atoms with E-state index in [4.69, 9.17) is 4.74 Å². The molecule has 1 atom stereocenters. The van der Waals surface area contributed by atoms with Crippen molar-refractivity contribution in [3.63, 3.8) is 0 Å². The minimum absolute atomic E-state index is 0.0461. The molecule has 1 amide bonds.